The summed E-state index contributed by atoms with van der Waals surface area (Å²) in [6.07, 6.45) is 15.8. The van der Waals surface area contributed by atoms with Gasteiger partial charge in [-0.3, -0.25) is 0 Å². The van der Waals surface area contributed by atoms with Gasteiger partial charge < -0.3 is 4.74 Å². The van der Waals surface area contributed by atoms with Crippen LogP contribution in [0.25, 0.3) is 0 Å². The van der Waals surface area contributed by atoms with E-state index < -0.39 is 0 Å². The molecule has 4 bridgehead atoms. The Morgan fingerprint density at radius 2 is 1.91 bits per heavy atom. The Hall–Kier alpha value is -2.94. The van der Waals surface area contributed by atoms with Gasteiger partial charge in [0.05, 0.1) is 0 Å². The molecule has 0 N–H and O–H groups in total. The highest BCUT2D eigenvalue weighted by Gasteiger charge is 2.52. The van der Waals surface area contributed by atoms with Crippen molar-refractivity contribution in [3.63, 3.8) is 0 Å². The Morgan fingerprint density at radius 3 is 2.76 bits per heavy atom. The molecule has 34 heavy (non-hydrogen) atoms. The molecule has 1 aromatic carbocycles. The van der Waals surface area contributed by atoms with Crippen LogP contribution in [0.3, 0.4) is 0 Å². The number of benzene rings is 1. The van der Waals surface area contributed by atoms with Gasteiger partial charge in [0, 0.05) is 23.5 Å². The minimum Gasteiger partial charge on any atom is -0.447 e. The number of hydrogen-bond acceptors (Lipinski definition) is 2. The zero-order chi connectivity index (χ0) is 23.5. The first-order chi connectivity index (χ1) is 16.4. The molecule has 2 aromatic rings. The highest BCUT2D eigenvalue weighted by atomic mass is 16.5. The molecule has 3 heteroatoms. The second-order valence-electron chi connectivity index (χ2n) is 11.2. The molecule has 0 amide bonds. The van der Waals surface area contributed by atoms with Crippen molar-refractivity contribution in [3.05, 3.63) is 101 Å². The maximum absolute atomic E-state index is 13.2. The van der Waals surface area contributed by atoms with E-state index in [1.165, 1.54) is 22.3 Å². The Kier molecular flexibility index (Phi) is 4.95. The zero-order valence-corrected chi connectivity index (χ0v) is 20.5. The van der Waals surface area contributed by atoms with E-state index in [9.17, 15) is 4.79 Å². The lowest BCUT2D eigenvalue weighted by Gasteiger charge is -2.50. The number of pyridine rings is 1. The molecule has 174 valence electrons. The van der Waals surface area contributed by atoms with Gasteiger partial charge in [-0.25, -0.2) is 4.79 Å². The summed E-state index contributed by atoms with van der Waals surface area (Å²) < 4.78 is 8.43. The zero-order valence-electron chi connectivity index (χ0n) is 20.5. The molecule has 4 atom stereocenters. The predicted molar refractivity (Wildman–Crippen MR) is 133 cm³/mol. The molecule has 2 heterocycles. The van der Waals surface area contributed by atoms with Gasteiger partial charge in [0.1, 0.15) is 0 Å². The second-order valence-corrected chi connectivity index (χ2v) is 11.2. The number of aromatic nitrogens is 1. The Labute approximate surface area is 202 Å². The highest BCUT2D eigenvalue weighted by Crippen LogP contribution is 2.57. The third-order valence-corrected chi connectivity index (χ3v) is 9.00. The number of cyclic esters (lactones) is 1. The van der Waals surface area contributed by atoms with Gasteiger partial charge in [-0.15, -0.1) is 0 Å². The molecular weight excluding hydrogens is 418 g/mol. The van der Waals surface area contributed by atoms with Crippen molar-refractivity contribution < 1.29 is 14.1 Å². The molecule has 4 aliphatic carbocycles. The molecule has 3 nitrogen and oxygen atoms in total. The quantitative estimate of drug-likeness (QED) is 0.401. The first-order valence-corrected chi connectivity index (χ1v) is 12.8. The SMILES string of the molecule is CCC12CC3=CC(CC=C(C=C3)C(C)(C)c3ccccc3C1C1C[n+]3ccccc3C(=O)O1)C2. The molecule has 1 aliphatic heterocycles. The standard InChI is InChI=1S/C31H34NO2/c1-4-31-18-21-12-14-23(15-13-22(17-21)19-31)30(2,3)25-10-6-5-9-24(25)28(31)27-20-32-16-8-7-11-26(32)29(33)34-27/h5-12,14-17,22,27-28H,4,13,18-20H2,1-3H3/q+1. The predicted octanol–water partition coefficient (Wildman–Crippen LogP) is 6.21. The van der Waals surface area contributed by atoms with Gasteiger partial charge in [-0.05, 0) is 59.8 Å². The molecule has 7 rings (SSSR count). The summed E-state index contributed by atoms with van der Waals surface area (Å²) in [5, 5.41) is 0. The van der Waals surface area contributed by atoms with Gasteiger partial charge in [-0.1, -0.05) is 74.9 Å². The Morgan fingerprint density at radius 1 is 1.09 bits per heavy atom. The Bertz CT molecular complexity index is 1250. The maximum atomic E-state index is 13.2. The van der Waals surface area contributed by atoms with Gasteiger partial charge in [0.25, 0.3) is 5.69 Å². The number of ether oxygens (including phenoxy) is 1. The molecule has 4 unspecified atom stereocenters. The fourth-order valence-electron chi connectivity index (χ4n) is 7.26. The van der Waals surface area contributed by atoms with Gasteiger partial charge in [0.15, 0.2) is 18.8 Å². The molecule has 5 aliphatic rings. The van der Waals surface area contributed by atoms with E-state index in [-0.39, 0.29) is 28.8 Å². The Balaban J connectivity index is 1.60. The van der Waals surface area contributed by atoms with Crippen LogP contribution in [0.4, 0.5) is 0 Å². The lowest BCUT2D eigenvalue weighted by molar-refractivity contribution is -0.712. The fraction of sp³-hybridized carbons (Fsp3) is 0.419. The number of carbonyl (C=O) groups is 1. The summed E-state index contributed by atoms with van der Waals surface area (Å²) in [6.45, 7) is 7.75. The van der Waals surface area contributed by atoms with Crippen molar-refractivity contribution >= 4 is 5.97 Å². The number of hydrogen-bond donors (Lipinski definition) is 0. The van der Waals surface area contributed by atoms with Crippen molar-refractivity contribution in [2.75, 3.05) is 0 Å². The summed E-state index contributed by atoms with van der Waals surface area (Å²) in [5.41, 5.74) is 6.10. The van der Waals surface area contributed by atoms with Crippen molar-refractivity contribution in [2.24, 2.45) is 11.3 Å². The normalized spacial score (nSPS) is 31.0. The first kappa shape index (κ1) is 21.6. The minimum atomic E-state index is -0.201. The summed E-state index contributed by atoms with van der Waals surface area (Å²) >= 11 is 0. The molecule has 0 spiro atoms. The summed E-state index contributed by atoms with van der Waals surface area (Å²) in [6, 6.07) is 14.8. The number of esters is 1. The van der Waals surface area contributed by atoms with E-state index >= 15 is 0 Å². The van der Waals surface area contributed by atoms with E-state index in [0.717, 1.165) is 25.7 Å². The van der Waals surface area contributed by atoms with Crippen LogP contribution in [0.1, 0.15) is 74.0 Å². The van der Waals surface area contributed by atoms with Crippen molar-refractivity contribution in [2.45, 2.75) is 70.4 Å². The van der Waals surface area contributed by atoms with Crippen LogP contribution >= 0.6 is 0 Å². The molecular formula is C31H34NO2+. The van der Waals surface area contributed by atoms with Gasteiger partial charge in [0.2, 0.25) is 0 Å². The molecule has 0 saturated heterocycles. The number of nitrogens with zero attached hydrogens (tertiary/aromatic N) is 1. The lowest BCUT2D eigenvalue weighted by Crippen LogP contribution is -2.55. The average molecular weight is 453 g/mol. The van der Waals surface area contributed by atoms with Crippen LogP contribution in [0, 0.1) is 11.3 Å². The monoisotopic (exact) mass is 452 g/mol. The maximum Gasteiger partial charge on any atom is 0.404 e. The molecule has 0 saturated carbocycles. The topological polar surface area (TPSA) is 30.2 Å². The van der Waals surface area contributed by atoms with Gasteiger partial charge in [-0.2, -0.15) is 4.57 Å². The van der Waals surface area contributed by atoms with E-state index in [1.807, 2.05) is 24.4 Å². The number of fused-ring (bicyclic) bond motifs is 2. The van der Waals surface area contributed by atoms with E-state index in [0.29, 0.717) is 18.2 Å². The van der Waals surface area contributed by atoms with E-state index in [1.54, 1.807) is 0 Å². The highest BCUT2D eigenvalue weighted by molar-refractivity contribution is 5.86. The lowest BCUT2D eigenvalue weighted by atomic mass is 9.55. The smallest absolute Gasteiger partial charge is 0.404 e. The summed E-state index contributed by atoms with van der Waals surface area (Å²) in [4.78, 5) is 13.2. The third kappa shape index (κ3) is 3.24. The van der Waals surface area contributed by atoms with Crippen molar-refractivity contribution in [1.82, 2.24) is 0 Å². The van der Waals surface area contributed by atoms with Crippen LogP contribution < -0.4 is 4.57 Å². The van der Waals surface area contributed by atoms with Crippen molar-refractivity contribution in [3.8, 4) is 0 Å². The number of rotatable bonds is 2. The minimum absolute atomic E-state index is 0.0335. The van der Waals surface area contributed by atoms with E-state index in [4.69, 9.17) is 4.74 Å². The first-order valence-electron chi connectivity index (χ1n) is 12.8. The van der Waals surface area contributed by atoms with Crippen LogP contribution in [0.2, 0.25) is 0 Å². The third-order valence-electron chi connectivity index (χ3n) is 9.00. The average Bonchev–Trinajstić information content (AvgIpc) is 2.83. The summed E-state index contributed by atoms with van der Waals surface area (Å²) in [7, 11) is 0. The van der Waals surface area contributed by atoms with Crippen LogP contribution in [-0.2, 0) is 16.7 Å². The number of carbonyl (C=O) groups excluding carboxylic acids is 1. The van der Waals surface area contributed by atoms with Crippen LogP contribution in [-0.4, -0.2) is 12.1 Å². The summed E-state index contributed by atoms with van der Waals surface area (Å²) in [5.74, 6) is 0.453. The fourth-order valence-corrected chi connectivity index (χ4v) is 7.26. The van der Waals surface area contributed by atoms with Crippen molar-refractivity contribution in [1.29, 1.82) is 0 Å². The van der Waals surface area contributed by atoms with Gasteiger partial charge >= 0.3 is 5.97 Å². The van der Waals surface area contributed by atoms with E-state index in [2.05, 4.69) is 73.9 Å². The molecule has 0 radical (unpaired) electrons. The largest absolute Gasteiger partial charge is 0.447 e. The van der Waals surface area contributed by atoms with Crippen LogP contribution in [0.5, 0.6) is 0 Å². The van der Waals surface area contributed by atoms with Crippen LogP contribution in [0.15, 0.2) is 84.1 Å². The molecule has 1 aromatic heterocycles. The molecule has 0 fully saturated rings. The second kappa shape index (κ2) is 7.80. The number of allylic oxidation sites excluding steroid dienone is 6.